The Morgan fingerprint density at radius 1 is 1.29 bits per heavy atom. The van der Waals surface area contributed by atoms with Gasteiger partial charge in [-0.2, -0.15) is 16.2 Å². The zero-order chi connectivity index (χ0) is 23.9. The lowest BCUT2D eigenvalue weighted by Gasteiger charge is -2.26. The highest BCUT2D eigenvalue weighted by atomic mass is 32.2. The summed E-state index contributed by atoms with van der Waals surface area (Å²) in [5, 5.41) is 16.5. The lowest BCUT2D eigenvalue weighted by Crippen LogP contribution is -2.35. The molecule has 5 N–H and O–H groups in total. The molecule has 12 heteroatoms. The number of nitrogens with two attached hydrogens (primary N) is 1. The lowest BCUT2D eigenvalue weighted by molar-refractivity contribution is -0.117. The number of carbonyl (C=O) groups is 1. The molecular weight excluding hydrogens is 478 g/mol. The maximum Gasteiger partial charge on any atom is 0.264 e. The number of hydrogen-bond acceptors (Lipinski definition) is 9. The Hall–Kier alpha value is -2.38. The van der Waals surface area contributed by atoms with Gasteiger partial charge in [-0.1, -0.05) is 12.1 Å². The number of fused-ring (bicyclic) bond motifs is 1. The van der Waals surface area contributed by atoms with Crippen LogP contribution in [0.2, 0.25) is 0 Å². The Balaban J connectivity index is 1.27. The van der Waals surface area contributed by atoms with Crippen molar-refractivity contribution in [3.63, 3.8) is 0 Å². The van der Waals surface area contributed by atoms with Gasteiger partial charge in [-0.3, -0.25) is 9.69 Å². The quantitative estimate of drug-likeness (QED) is 0.337. The topological polar surface area (TPSA) is 142 Å². The predicted octanol–water partition coefficient (Wildman–Crippen LogP) is 0.442. The van der Waals surface area contributed by atoms with Crippen LogP contribution in [0.15, 0.2) is 43.9 Å². The van der Waals surface area contributed by atoms with Crippen molar-refractivity contribution in [2.24, 2.45) is 10.1 Å². The van der Waals surface area contributed by atoms with Crippen LogP contribution in [0.5, 0.6) is 0 Å². The molecule has 4 rings (SSSR count). The summed E-state index contributed by atoms with van der Waals surface area (Å²) in [6, 6.07) is 6.46. The number of morpholine rings is 1. The van der Waals surface area contributed by atoms with Crippen molar-refractivity contribution in [2.75, 3.05) is 51.8 Å². The molecule has 0 aliphatic carbocycles. The molecule has 1 unspecified atom stereocenters. The molecule has 0 bridgehead atoms. The van der Waals surface area contributed by atoms with E-state index in [1.165, 1.54) is 5.56 Å². The third-order valence-electron chi connectivity index (χ3n) is 5.48. The van der Waals surface area contributed by atoms with E-state index in [2.05, 4.69) is 38.1 Å². The number of hydrogen-bond donors (Lipinski definition) is 4. The largest absolute Gasteiger partial charge is 0.467 e. The normalized spacial score (nSPS) is 19.0. The second-order valence-corrected chi connectivity index (χ2v) is 10.1. The van der Waals surface area contributed by atoms with E-state index in [0.29, 0.717) is 12.3 Å². The number of amidine groups is 1. The monoisotopic (exact) mass is 507 g/mol. The van der Waals surface area contributed by atoms with Crippen molar-refractivity contribution in [3.05, 3.63) is 46.4 Å². The molecule has 1 saturated heterocycles. The van der Waals surface area contributed by atoms with E-state index in [-0.39, 0.29) is 29.6 Å². The number of rotatable bonds is 10. The third-order valence-corrected chi connectivity index (χ3v) is 7.54. The highest BCUT2D eigenvalue weighted by molar-refractivity contribution is 7.98. The van der Waals surface area contributed by atoms with E-state index in [0.717, 1.165) is 55.1 Å². The molecule has 2 aliphatic rings. The molecule has 2 aromatic rings. The first-order valence-corrected chi connectivity index (χ1v) is 13.3. The number of furan rings is 1. The molecule has 184 valence electrons. The van der Waals surface area contributed by atoms with Crippen molar-refractivity contribution >= 4 is 45.3 Å². The van der Waals surface area contributed by atoms with E-state index < -0.39 is 16.9 Å². The summed E-state index contributed by atoms with van der Waals surface area (Å²) in [5.41, 5.74) is 7.29. The molecule has 1 fully saturated rings. The van der Waals surface area contributed by atoms with Gasteiger partial charge in [0.25, 0.3) is 5.91 Å². The van der Waals surface area contributed by atoms with Crippen molar-refractivity contribution < 1.29 is 23.3 Å². The summed E-state index contributed by atoms with van der Waals surface area (Å²) < 4.78 is 27.3. The minimum Gasteiger partial charge on any atom is -0.467 e. The summed E-state index contributed by atoms with van der Waals surface area (Å²) in [6.07, 6.45) is 1.79. The molecule has 1 atom stereocenters. The fraction of sp³-hybridized carbons (Fsp3) is 0.455. The number of aliphatic hydroxyl groups excluding tert-OH is 1. The van der Waals surface area contributed by atoms with Crippen LogP contribution in [0.4, 0.5) is 0 Å². The highest BCUT2D eigenvalue weighted by Crippen LogP contribution is 2.26. The lowest BCUT2D eigenvalue weighted by atomic mass is 10.1. The fourth-order valence-corrected chi connectivity index (χ4v) is 5.47. The Morgan fingerprint density at radius 3 is 2.91 bits per heavy atom. The smallest absolute Gasteiger partial charge is 0.264 e. The van der Waals surface area contributed by atoms with Gasteiger partial charge in [0.05, 0.1) is 37.5 Å². The zero-order valence-electron chi connectivity index (χ0n) is 18.7. The Bertz CT molecular complexity index is 1110. The molecule has 3 heterocycles. The fourth-order valence-electron chi connectivity index (χ4n) is 3.74. The summed E-state index contributed by atoms with van der Waals surface area (Å²) >= 11 is 1.69. The first-order chi connectivity index (χ1) is 16.6. The van der Waals surface area contributed by atoms with Gasteiger partial charge in [0.2, 0.25) is 0 Å². The van der Waals surface area contributed by atoms with Gasteiger partial charge in [-0.15, -0.1) is 0 Å². The molecule has 0 radical (unpaired) electrons. The number of aliphatic hydroxyl groups is 1. The number of ether oxygens (including phenoxy) is 1. The molecule has 1 aromatic heterocycles. The molecule has 2 aliphatic heterocycles. The molecular formula is C22H29N5O5S2. The van der Waals surface area contributed by atoms with Crippen LogP contribution in [0.3, 0.4) is 0 Å². The van der Waals surface area contributed by atoms with Gasteiger partial charge in [0, 0.05) is 49.2 Å². The summed E-state index contributed by atoms with van der Waals surface area (Å²) in [7, 11) is -1.85. The summed E-state index contributed by atoms with van der Waals surface area (Å²) in [6.45, 7) is 4.75. The average molecular weight is 508 g/mol. The molecule has 1 aromatic carbocycles. The molecule has 34 heavy (non-hydrogen) atoms. The van der Waals surface area contributed by atoms with E-state index in [1.54, 1.807) is 18.0 Å². The van der Waals surface area contributed by atoms with Gasteiger partial charge in [-0.05, 0) is 11.6 Å². The van der Waals surface area contributed by atoms with Crippen LogP contribution in [-0.2, 0) is 32.8 Å². The summed E-state index contributed by atoms with van der Waals surface area (Å²) in [5.74, 6) is 2.05. The van der Waals surface area contributed by atoms with Gasteiger partial charge in [0.15, 0.2) is 21.7 Å². The molecule has 0 saturated carbocycles. The van der Waals surface area contributed by atoms with Crippen LogP contribution in [-0.4, -0.2) is 77.7 Å². The van der Waals surface area contributed by atoms with Crippen LogP contribution >= 0.6 is 11.8 Å². The van der Waals surface area contributed by atoms with Crippen molar-refractivity contribution in [1.82, 2.24) is 15.5 Å². The van der Waals surface area contributed by atoms with Crippen molar-refractivity contribution in [2.45, 2.75) is 12.3 Å². The van der Waals surface area contributed by atoms with E-state index >= 15 is 0 Å². The number of nitrogens with zero attached hydrogens (tertiary/aromatic N) is 2. The minimum absolute atomic E-state index is 0.0579. The first-order valence-electron chi connectivity index (χ1n) is 11.1. The second-order valence-electron chi connectivity index (χ2n) is 7.86. The minimum atomic E-state index is -1.85. The maximum atomic E-state index is 12.1. The van der Waals surface area contributed by atoms with Crippen LogP contribution in [0.25, 0.3) is 10.8 Å². The standard InChI is InChI=1S/C22H29N5O5S2/c23-19-20(22(29)25-3-7-28)34(30)26-21(19)24-4-10-33-14-18-17-11-15(1-2-16(17)13-32-18)12-27-5-8-31-9-6-27/h1-2,11,13,28H,3-10,12,14,23H2,(H,24,26)(H,25,29). The van der Waals surface area contributed by atoms with Gasteiger partial charge < -0.3 is 30.6 Å². The van der Waals surface area contributed by atoms with Crippen molar-refractivity contribution in [1.29, 1.82) is 0 Å². The third kappa shape index (κ3) is 5.99. The number of nitrogens with one attached hydrogen (secondary N) is 2. The van der Waals surface area contributed by atoms with Gasteiger partial charge in [-0.25, -0.2) is 4.21 Å². The number of benzene rings is 1. The number of thioether (sulfide) groups is 1. The average Bonchev–Trinajstić information content (AvgIpc) is 3.37. The molecule has 0 spiro atoms. The van der Waals surface area contributed by atoms with Crippen LogP contribution in [0.1, 0.15) is 11.3 Å². The van der Waals surface area contributed by atoms with E-state index in [9.17, 15) is 9.00 Å². The highest BCUT2D eigenvalue weighted by Gasteiger charge is 2.29. The van der Waals surface area contributed by atoms with Gasteiger partial charge in [0.1, 0.15) is 5.76 Å². The SMILES string of the molecule is NC1=C(C(=O)NCCO)S(=O)N=C1NCCSCc1occ2ccc(CN3CCOCC3)cc12. The van der Waals surface area contributed by atoms with E-state index in [4.69, 9.17) is 20.0 Å². The number of amides is 1. The first kappa shape index (κ1) is 24.7. The second kappa shape index (κ2) is 11.8. The Morgan fingerprint density at radius 2 is 2.12 bits per heavy atom. The zero-order valence-corrected chi connectivity index (χ0v) is 20.4. The number of carbonyl (C=O) groups excluding carboxylic acids is 1. The van der Waals surface area contributed by atoms with Crippen LogP contribution in [0, 0.1) is 0 Å². The Labute approximate surface area is 204 Å². The predicted molar refractivity (Wildman–Crippen MR) is 133 cm³/mol. The molecule has 1 amide bonds. The van der Waals surface area contributed by atoms with Crippen LogP contribution < -0.4 is 16.4 Å². The molecule has 10 nitrogen and oxygen atoms in total. The maximum absolute atomic E-state index is 12.1. The van der Waals surface area contributed by atoms with E-state index in [1.807, 2.05) is 0 Å². The Kier molecular flexibility index (Phi) is 8.62. The van der Waals surface area contributed by atoms with Crippen molar-refractivity contribution in [3.8, 4) is 0 Å². The summed E-state index contributed by atoms with van der Waals surface area (Å²) in [4.78, 5) is 14.4. The van der Waals surface area contributed by atoms with Gasteiger partial charge >= 0.3 is 0 Å².